The van der Waals surface area contributed by atoms with Crippen LogP contribution in [0.15, 0.2) is 48.7 Å². The minimum Gasteiger partial charge on any atom is -0.485 e. The second-order valence-electron chi connectivity index (χ2n) is 12.4. The van der Waals surface area contributed by atoms with Gasteiger partial charge in [-0.25, -0.2) is 9.37 Å². The largest absolute Gasteiger partial charge is 0.485 e. The normalized spacial score (nSPS) is 22.1. The van der Waals surface area contributed by atoms with Crippen LogP contribution in [0.2, 0.25) is 0 Å². The number of hydrogen-bond donors (Lipinski definition) is 1. The van der Waals surface area contributed by atoms with Crippen LogP contribution in [0, 0.1) is 17.7 Å². The van der Waals surface area contributed by atoms with E-state index in [1.165, 1.54) is 38.1 Å². The van der Waals surface area contributed by atoms with Crippen molar-refractivity contribution in [2.45, 2.75) is 83.4 Å². The first-order valence-electron chi connectivity index (χ1n) is 15.4. The number of halogens is 1. The minimum absolute atomic E-state index is 0.000500. The van der Waals surface area contributed by atoms with Crippen LogP contribution < -0.4 is 9.47 Å². The van der Waals surface area contributed by atoms with Gasteiger partial charge in [-0.1, -0.05) is 37.6 Å². The number of piperidine rings is 1. The van der Waals surface area contributed by atoms with E-state index in [0.717, 1.165) is 66.8 Å². The number of ether oxygens (including phenoxy) is 2. The summed E-state index contributed by atoms with van der Waals surface area (Å²) in [4.78, 5) is 18.5. The van der Waals surface area contributed by atoms with Crippen LogP contribution in [0.5, 0.6) is 11.6 Å². The molecule has 3 aliphatic rings. The molecule has 1 saturated carbocycles. The van der Waals surface area contributed by atoms with Gasteiger partial charge in [0.2, 0.25) is 5.88 Å². The summed E-state index contributed by atoms with van der Waals surface area (Å²) >= 11 is 0. The maximum atomic E-state index is 14.9. The van der Waals surface area contributed by atoms with Crippen molar-refractivity contribution in [2.24, 2.45) is 11.8 Å². The molecular formula is C35H41FN2O4. The molecule has 2 aromatic carbocycles. The maximum Gasteiger partial charge on any atom is 0.306 e. The second-order valence-corrected chi connectivity index (χ2v) is 12.4. The number of carbonyl (C=O) groups is 1. The van der Waals surface area contributed by atoms with Gasteiger partial charge in [0.05, 0.1) is 19.2 Å². The summed E-state index contributed by atoms with van der Waals surface area (Å²) in [5.74, 6) is 0.101. The highest BCUT2D eigenvalue weighted by atomic mass is 19.1. The predicted octanol–water partition coefficient (Wildman–Crippen LogP) is 7.55. The zero-order valence-corrected chi connectivity index (χ0v) is 24.8. The summed E-state index contributed by atoms with van der Waals surface area (Å²) in [5.41, 5.74) is 5.78. The first kappa shape index (κ1) is 28.7. The Morgan fingerprint density at radius 2 is 1.98 bits per heavy atom. The number of likely N-dealkylation sites (tertiary alicyclic amines) is 1. The molecule has 42 heavy (non-hydrogen) atoms. The van der Waals surface area contributed by atoms with E-state index in [9.17, 15) is 14.3 Å². The molecule has 0 amide bonds. The Kier molecular flexibility index (Phi) is 8.22. The summed E-state index contributed by atoms with van der Waals surface area (Å²) in [5, 5.41) is 9.79. The third-order valence-electron chi connectivity index (χ3n) is 9.63. The minimum atomic E-state index is -0.747. The van der Waals surface area contributed by atoms with Gasteiger partial charge in [0, 0.05) is 24.2 Å². The highest BCUT2D eigenvalue weighted by molar-refractivity contribution is 5.71. The number of nitrogens with zero attached hydrogens (tertiary/aromatic N) is 2. The molecular weight excluding hydrogens is 531 g/mol. The molecule has 0 spiro atoms. The fourth-order valence-corrected chi connectivity index (χ4v) is 6.98. The fraction of sp³-hybridized carbons (Fsp3) is 0.486. The molecule has 1 N–H and O–H groups in total. The van der Waals surface area contributed by atoms with Crippen LogP contribution in [0.1, 0.15) is 86.6 Å². The van der Waals surface area contributed by atoms with Crippen molar-refractivity contribution in [2.75, 3.05) is 13.7 Å². The van der Waals surface area contributed by atoms with Crippen molar-refractivity contribution >= 4 is 5.97 Å². The Hall–Kier alpha value is -3.45. The van der Waals surface area contributed by atoms with Gasteiger partial charge in [-0.15, -0.1) is 0 Å². The smallest absolute Gasteiger partial charge is 0.306 e. The number of rotatable bonds is 9. The highest BCUT2D eigenvalue weighted by Crippen LogP contribution is 2.48. The van der Waals surface area contributed by atoms with Gasteiger partial charge in [-0.05, 0) is 104 Å². The van der Waals surface area contributed by atoms with E-state index in [1.54, 1.807) is 6.07 Å². The van der Waals surface area contributed by atoms with Crippen molar-refractivity contribution < 1.29 is 23.8 Å². The first-order chi connectivity index (χ1) is 20.3. The summed E-state index contributed by atoms with van der Waals surface area (Å²) in [6.07, 6.45) is 8.59. The lowest BCUT2D eigenvalue weighted by Crippen LogP contribution is -2.37. The van der Waals surface area contributed by atoms with E-state index < -0.39 is 11.9 Å². The van der Waals surface area contributed by atoms with Crippen molar-refractivity contribution in [3.8, 4) is 22.8 Å². The van der Waals surface area contributed by atoms with Crippen molar-refractivity contribution in [3.05, 3.63) is 76.7 Å². The lowest BCUT2D eigenvalue weighted by atomic mass is 9.82. The molecule has 1 aromatic heterocycles. The number of methoxy groups -OCH3 is 1. The zero-order valence-electron chi connectivity index (χ0n) is 24.8. The zero-order chi connectivity index (χ0) is 29.4. The van der Waals surface area contributed by atoms with E-state index in [4.69, 9.17) is 9.47 Å². The molecule has 1 aliphatic carbocycles. The Morgan fingerprint density at radius 3 is 2.71 bits per heavy atom. The predicted molar refractivity (Wildman–Crippen MR) is 160 cm³/mol. The highest BCUT2D eigenvalue weighted by Gasteiger charge is 2.39. The van der Waals surface area contributed by atoms with Crippen LogP contribution in [-0.2, 0) is 17.8 Å². The Bertz CT molecular complexity index is 1450. The lowest BCUT2D eigenvalue weighted by Gasteiger charge is -2.35. The van der Waals surface area contributed by atoms with Gasteiger partial charge in [0.1, 0.15) is 17.7 Å². The SMILES string of the molecule is COc1cc(-c2ccc(C3CCc4ccc(C(C5CC5)[C@H](C)C(=O)O)cc4O3)c(CN3CCCC[C@H]3C)c2)c(F)cn1. The van der Waals surface area contributed by atoms with Gasteiger partial charge in [0.25, 0.3) is 0 Å². The van der Waals surface area contributed by atoms with Crippen molar-refractivity contribution in [1.29, 1.82) is 0 Å². The molecule has 4 atom stereocenters. The number of aromatic nitrogens is 1. The molecule has 6 nitrogen and oxygen atoms in total. The molecule has 2 fully saturated rings. The average molecular weight is 573 g/mol. The van der Waals surface area contributed by atoms with Gasteiger partial charge in [0.15, 0.2) is 0 Å². The number of aliphatic carboxylic acids is 1. The van der Waals surface area contributed by atoms with E-state index in [2.05, 4.69) is 47.1 Å². The number of hydrogen-bond acceptors (Lipinski definition) is 5. The van der Waals surface area contributed by atoms with Crippen LogP contribution in [0.3, 0.4) is 0 Å². The van der Waals surface area contributed by atoms with Gasteiger partial charge in [-0.2, -0.15) is 0 Å². The van der Waals surface area contributed by atoms with Crippen LogP contribution >= 0.6 is 0 Å². The van der Waals surface area contributed by atoms with E-state index in [0.29, 0.717) is 23.4 Å². The Morgan fingerprint density at radius 1 is 1.14 bits per heavy atom. The molecule has 6 rings (SSSR count). The van der Waals surface area contributed by atoms with Crippen LogP contribution in [0.4, 0.5) is 4.39 Å². The van der Waals surface area contributed by atoms with E-state index in [1.807, 2.05) is 13.0 Å². The molecule has 222 valence electrons. The van der Waals surface area contributed by atoms with Crippen molar-refractivity contribution in [3.63, 3.8) is 0 Å². The van der Waals surface area contributed by atoms with E-state index >= 15 is 0 Å². The van der Waals surface area contributed by atoms with Crippen LogP contribution in [0.25, 0.3) is 11.1 Å². The first-order valence-corrected chi connectivity index (χ1v) is 15.4. The molecule has 3 aromatic rings. The molecule has 1 saturated heterocycles. The fourth-order valence-electron chi connectivity index (χ4n) is 6.98. The number of fused-ring (bicyclic) bond motifs is 1. The van der Waals surface area contributed by atoms with Crippen LogP contribution in [-0.4, -0.2) is 40.7 Å². The molecule has 0 bridgehead atoms. The van der Waals surface area contributed by atoms with Gasteiger partial charge >= 0.3 is 5.97 Å². The van der Waals surface area contributed by atoms with Crippen molar-refractivity contribution in [1.82, 2.24) is 9.88 Å². The maximum absolute atomic E-state index is 14.9. The monoisotopic (exact) mass is 572 g/mol. The van der Waals surface area contributed by atoms with Gasteiger partial charge in [-0.3, -0.25) is 9.69 Å². The van der Waals surface area contributed by atoms with E-state index in [-0.39, 0.29) is 17.8 Å². The summed E-state index contributed by atoms with van der Waals surface area (Å²) in [7, 11) is 1.54. The topological polar surface area (TPSA) is 71.9 Å². The number of carboxylic acids is 1. The molecule has 2 aliphatic heterocycles. The standard InChI is InChI=1S/C35H41FN2O4/c1-21-6-4-5-15-38(21)20-27-16-25(29-18-33(41-3)37-19-30(29)36)11-13-28(27)31-14-12-23-7-10-26(17-32(23)42-31)34(24-8-9-24)22(2)35(39)40/h7,10-11,13,16-19,21-22,24,31,34H,4-6,8-9,12,14-15,20H2,1-3H3,(H,39,40)/t21-,22+,31?,34?/m1/s1. The number of carboxylic acid groups (broad SMARTS) is 1. The third kappa shape index (κ3) is 5.89. The molecule has 0 radical (unpaired) electrons. The molecule has 2 unspecified atom stereocenters. The number of aryl methyl sites for hydroxylation is 1. The molecule has 3 heterocycles. The Balaban J connectivity index is 1.34. The average Bonchev–Trinajstić information content (AvgIpc) is 3.83. The Labute approximate surface area is 247 Å². The second kappa shape index (κ2) is 12.0. The molecule has 7 heteroatoms. The lowest BCUT2D eigenvalue weighted by molar-refractivity contribution is -0.142. The summed E-state index contributed by atoms with van der Waals surface area (Å²) in [6, 6.07) is 14.7. The summed E-state index contributed by atoms with van der Waals surface area (Å²) < 4.78 is 27.0. The number of pyridine rings is 1. The number of benzene rings is 2. The summed E-state index contributed by atoms with van der Waals surface area (Å²) in [6.45, 7) is 5.94. The third-order valence-corrected chi connectivity index (χ3v) is 9.63. The quantitative estimate of drug-likeness (QED) is 0.285. The van der Waals surface area contributed by atoms with Gasteiger partial charge < -0.3 is 14.6 Å².